The van der Waals surface area contributed by atoms with Crippen molar-refractivity contribution in [3.05, 3.63) is 45.7 Å². The molecular formula is C12H13FN2OS. The Bertz CT molecular complexity index is 513. The second-order valence-electron chi connectivity index (χ2n) is 3.74. The molecule has 0 saturated carbocycles. The topological polar surface area (TPSA) is 45.2 Å². The van der Waals surface area contributed by atoms with Crippen molar-refractivity contribution in [2.45, 2.75) is 20.0 Å². The van der Waals surface area contributed by atoms with Crippen LogP contribution in [0.1, 0.15) is 15.4 Å². The van der Waals surface area contributed by atoms with Gasteiger partial charge in [0.2, 0.25) is 0 Å². The van der Waals surface area contributed by atoms with E-state index in [4.69, 9.17) is 0 Å². The minimum Gasteiger partial charge on any atom is -0.508 e. The maximum absolute atomic E-state index is 13.0. The Kier molecular flexibility index (Phi) is 3.71. The molecule has 1 heterocycles. The third kappa shape index (κ3) is 3.25. The number of hydrogen-bond acceptors (Lipinski definition) is 4. The fourth-order valence-electron chi connectivity index (χ4n) is 1.48. The second-order valence-corrected chi connectivity index (χ2v) is 5.06. The Labute approximate surface area is 103 Å². The quantitative estimate of drug-likeness (QED) is 0.879. The lowest BCUT2D eigenvalue weighted by molar-refractivity contribution is 0.461. The zero-order chi connectivity index (χ0) is 12.3. The molecule has 0 radical (unpaired) electrons. The zero-order valence-corrected chi connectivity index (χ0v) is 10.2. The first-order chi connectivity index (χ1) is 8.15. The average molecular weight is 252 g/mol. The van der Waals surface area contributed by atoms with Crippen molar-refractivity contribution in [1.29, 1.82) is 0 Å². The number of aryl methyl sites for hydroxylation is 1. The molecule has 2 aromatic rings. The fraction of sp³-hybridized carbons (Fsp3) is 0.250. The van der Waals surface area contributed by atoms with Gasteiger partial charge in [0.25, 0.3) is 0 Å². The normalized spacial score (nSPS) is 10.7. The molecule has 90 valence electrons. The first kappa shape index (κ1) is 12.0. The van der Waals surface area contributed by atoms with Crippen LogP contribution in [0, 0.1) is 12.7 Å². The van der Waals surface area contributed by atoms with Gasteiger partial charge in [-0.3, -0.25) is 0 Å². The molecule has 0 amide bonds. The summed E-state index contributed by atoms with van der Waals surface area (Å²) in [6, 6.07) is 3.93. The molecule has 0 spiro atoms. The standard InChI is InChI=1S/C12H13FN2OS/c1-8-5-15-12(17-8)7-14-6-9-4-10(13)2-3-11(9)16/h2-5,14,16H,6-7H2,1H3. The molecule has 0 aliphatic rings. The highest BCUT2D eigenvalue weighted by atomic mass is 32.1. The molecule has 0 saturated heterocycles. The molecule has 5 heteroatoms. The van der Waals surface area contributed by atoms with Crippen LogP contribution in [0.5, 0.6) is 5.75 Å². The molecular weight excluding hydrogens is 239 g/mol. The Morgan fingerprint density at radius 3 is 2.94 bits per heavy atom. The predicted molar refractivity (Wildman–Crippen MR) is 65.5 cm³/mol. The number of benzene rings is 1. The van der Waals surface area contributed by atoms with Crippen LogP contribution in [0.15, 0.2) is 24.4 Å². The SMILES string of the molecule is Cc1cnc(CNCc2cc(F)ccc2O)s1. The van der Waals surface area contributed by atoms with Crippen LogP contribution in [0.3, 0.4) is 0 Å². The van der Waals surface area contributed by atoms with Crippen LogP contribution in [0.25, 0.3) is 0 Å². The molecule has 0 unspecified atom stereocenters. The summed E-state index contributed by atoms with van der Waals surface area (Å²) in [7, 11) is 0. The Morgan fingerprint density at radius 1 is 1.41 bits per heavy atom. The number of phenols is 1. The molecule has 17 heavy (non-hydrogen) atoms. The maximum atomic E-state index is 13.0. The molecule has 3 nitrogen and oxygen atoms in total. The van der Waals surface area contributed by atoms with E-state index < -0.39 is 0 Å². The van der Waals surface area contributed by atoms with E-state index in [1.165, 1.54) is 18.2 Å². The van der Waals surface area contributed by atoms with Crippen molar-refractivity contribution in [2.24, 2.45) is 0 Å². The first-order valence-corrected chi connectivity index (χ1v) is 6.06. The van der Waals surface area contributed by atoms with Crippen molar-refractivity contribution in [1.82, 2.24) is 10.3 Å². The van der Waals surface area contributed by atoms with E-state index in [1.54, 1.807) is 11.3 Å². The van der Waals surface area contributed by atoms with E-state index in [1.807, 2.05) is 13.1 Å². The highest BCUT2D eigenvalue weighted by Crippen LogP contribution is 2.18. The Balaban J connectivity index is 1.91. The van der Waals surface area contributed by atoms with E-state index in [2.05, 4.69) is 10.3 Å². The molecule has 2 N–H and O–H groups in total. The van der Waals surface area contributed by atoms with Gasteiger partial charge in [-0.1, -0.05) is 0 Å². The largest absolute Gasteiger partial charge is 0.508 e. The van der Waals surface area contributed by atoms with Gasteiger partial charge in [0.15, 0.2) is 0 Å². The fourth-order valence-corrected chi connectivity index (χ4v) is 2.24. The molecule has 2 rings (SSSR count). The van der Waals surface area contributed by atoms with E-state index in [0.717, 1.165) is 9.88 Å². The lowest BCUT2D eigenvalue weighted by atomic mass is 10.2. The summed E-state index contributed by atoms with van der Waals surface area (Å²) in [6.07, 6.45) is 1.82. The number of nitrogens with one attached hydrogen (secondary N) is 1. The summed E-state index contributed by atoms with van der Waals surface area (Å²) in [5.74, 6) is -0.237. The van der Waals surface area contributed by atoms with Gasteiger partial charge >= 0.3 is 0 Å². The number of rotatable bonds is 4. The van der Waals surface area contributed by atoms with Gasteiger partial charge in [-0.15, -0.1) is 11.3 Å². The third-order valence-corrected chi connectivity index (χ3v) is 3.22. The minimum absolute atomic E-state index is 0.106. The summed E-state index contributed by atoms with van der Waals surface area (Å²) >= 11 is 1.62. The van der Waals surface area contributed by atoms with Gasteiger partial charge in [0, 0.05) is 29.7 Å². The Morgan fingerprint density at radius 2 is 2.24 bits per heavy atom. The first-order valence-electron chi connectivity index (χ1n) is 5.24. The molecule has 0 atom stereocenters. The van der Waals surface area contributed by atoms with E-state index in [9.17, 15) is 9.50 Å². The number of hydrogen-bond donors (Lipinski definition) is 2. The van der Waals surface area contributed by atoms with Crippen molar-refractivity contribution in [3.63, 3.8) is 0 Å². The summed E-state index contributed by atoms with van der Waals surface area (Å²) in [6.45, 7) is 3.04. The summed E-state index contributed by atoms with van der Waals surface area (Å²) < 4.78 is 13.0. The van der Waals surface area contributed by atoms with E-state index >= 15 is 0 Å². The number of nitrogens with zero attached hydrogens (tertiary/aromatic N) is 1. The van der Waals surface area contributed by atoms with Crippen molar-refractivity contribution in [3.8, 4) is 5.75 Å². The third-order valence-electron chi connectivity index (χ3n) is 2.30. The average Bonchev–Trinajstić information content (AvgIpc) is 2.69. The highest BCUT2D eigenvalue weighted by molar-refractivity contribution is 7.11. The van der Waals surface area contributed by atoms with Gasteiger partial charge in [0.05, 0.1) is 0 Å². The van der Waals surface area contributed by atoms with Crippen LogP contribution in [0.4, 0.5) is 4.39 Å². The van der Waals surface area contributed by atoms with Crippen LogP contribution >= 0.6 is 11.3 Å². The number of thiazole rings is 1. The van der Waals surface area contributed by atoms with E-state index in [0.29, 0.717) is 18.7 Å². The van der Waals surface area contributed by atoms with Crippen molar-refractivity contribution in [2.75, 3.05) is 0 Å². The molecule has 0 aliphatic carbocycles. The predicted octanol–water partition coefficient (Wildman–Crippen LogP) is 2.59. The van der Waals surface area contributed by atoms with Crippen LogP contribution in [-0.2, 0) is 13.1 Å². The highest BCUT2D eigenvalue weighted by Gasteiger charge is 2.03. The van der Waals surface area contributed by atoms with Gasteiger partial charge in [-0.25, -0.2) is 9.37 Å². The monoisotopic (exact) mass is 252 g/mol. The van der Waals surface area contributed by atoms with Gasteiger partial charge in [-0.2, -0.15) is 0 Å². The van der Waals surface area contributed by atoms with Crippen molar-refractivity contribution < 1.29 is 9.50 Å². The molecule has 0 fully saturated rings. The lowest BCUT2D eigenvalue weighted by Gasteiger charge is -2.05. The molecule has 1 aromatic heterocycles. The van der Waals surface area contributed by atoms with Crippen LogP contribution in [0.2, 0.25) is 0 Å². The molecule has 1 aromatic carbocycles. The van der Waals surface area contributed by atoms with E-state index in [-0.39, 0.29) is 11.6 Å². The summed E-state index contributed by atoms with van der Waals surface area (Å²) in [5.41, 5.74) is 0.554. The molecule has 0 bridgehead atoms. The number of halogens is 1. The number of phenolic OH excluding ortho intramolecular Hbond substituents is 1. The molecule has 0 aliphatic heterocycles. The Hall–Kier alpha value is -1.46. The van der Waals surface area contributed by atoms with Crippen LogP contribution in [-0.4, -0.2) is 10.1 Å². The maximum Gasteiger partial charge on any atom is 0.123 e. The lowest BCUT2D eigenvalue weighted by Crippen LogP contribution is -2.12. The second kappa shape index (κ2) is 5.25. The minimum atomic E-state index is -0.343. The van der Waals surface area contributed by atoms with Gasteiger partial charge in [0.1, 0.15) is 16.6 Å². The van der Waals surface area contributed by atoms with Crippen molar-refractivity contribution >= 4 is 11.3 Å². The summed E-state index contributed by atoms with van der Waals surface area (Å²) in [4.78, 5) is 5.37. The van der Waals surface area contributed by atoms with Gasteiger partial charge in [-0.05, 0) is 25.1 Å². The zero-order valence-electron chi connectivity index (χ0n) is 9.40. The summed E-state index contributed by atoms with van der Waals surface area (Å²) in [5, 5.41) is 13.6. The smallest absolute Gasteiger partial charge is 0.123 e. The van der Waals surface area contributed by atoms with Crippen LogP contribution < -0.4 is 5.32 Å². The number of aromatic hydroxyl groups is 1. The number of aromatic nitrogens is 1. The van der Waals surface area contributed by atoms with Gasteiger partial charge < -0.3 is 10.4 Å².